The van der Waals surface area contributed by atoms with Gasteiger partial charge in [-0.15, -0.1) is 0 Å². The summed E-state index contributed by atoms with van der Waals surface area (Å²) in [6, 6.07) is 13.3. The number of benzene rings is 2. The SMILES string of the molecule is NC(C[C@@H](S)C(=O)Nc1ccc(C(=O)N2CCN(CCc3ccc(Cl)cc3)CC2)cc1)C(=O)O. The van der Waals surface area contributed by atoms with Crippen molar-refractivity contribution in [3.63, 3.8) is 0 Å². The largest absolute Gasteiger partial charge is 0.480 e. The summed E-state index contributed by atoms with van der Waals surface area (Å²) in [4.78, 5) is 40.1. The molecule has 8 nitrogen and oxygen atoms in total. The van der Waals surface area contributed by atoms with Crippen LogP contribution in [-0.2, 0) is 16.0 Å². The van der Waals surface area contributed by atoms with Crippen LogP contribution in [0, 0.1) is 0 Å². The van der Waals surface area contributed by atoms with Gasteiger partial charge in [0.2, 0.25) is 5.91 Å². The zero-order chi connectivity index (χ0) is 24.7. The maximum absolute atomic E-state index is 12.9. The van der Waals surface area contributed by atoms with Crippen LogP contribution in [0.4, 0.5) is 5.69 Å². The first-order chi connectivity index (χ1) is 16.2. The van der Waals surface area contributed by atoms with Crippen molar-refractivity contribution in [3.8, 4) is 0 Å². The molecule has 3 rings (SSSR count). The molecule has 10 heteroatoms. The molecule has 1 aliphatic rings. The Labute approximate surface area is 209 Å². The molecule has 182 valence electrons. The van der Waals surface area contributed by atoms with Gasteiger partial charge in [0, 0.05) is 49.0 Å². The van der Waals surface area contributed by atoms with Crippen LogP contribution in [0.5, 0.6) is 0 Å². The molecular weight excluding hydrogens is 476 g/mol. The highest BCUT2D eigenvalue weighted by Gasteiger charge is 2.23. The van der Waals surface area contributed by atoms with Gasteiger partial charge in [-0.3, -0.25) is 19.3 Å². The summed E-state index contributed by atoms with van der Waals surface area (Å²) >= 11 is 10.1. The first-order valence-corrected chi connectivity index (χ1v) is 12.0. The Morgan fingerprint density at radius 1 is 1.03 bits per heavy atom. The molecule has 1 aliphatic heterocycles. The molecule has 2 aromatic rings. The molecule has 1 unspecified atom stereocenters. The molecule has 2 amide bonds. The van der Waals surface area contributed by atoms with Gasteiger partial charge in [-0.1, -0.05) is 23.7 Å². The summed E-state index contributed by atoms with van der Waals surface area (Å²) in [5, 5.41) is 11.4. The Hall–Kier alpha value is -2.59. The first kappa shape index (κ1) is 26.0. The molecule has 0 radical (unpaired) electrons. The molecule has 0 spiro atoms. The fraction of sp³-hybridized carbons (Fsp3) is 0.375. The quantitative estimate of drug-likeness (QED) is 0.390. The molecule has 4 N–H and O–H groups in total. The van der Waals surface area contributed by atoms with Crippen LogP contribution in [0.1, 0.15) is 22.3 Å². The number of thiol groups is 1. The van der Waals surface area contributed by atoms with E-state index < -0.39 is 23.2 Å². The lowest BCUT2D eigenvalue weighted by Gasteiger charge is -2.34. The van der Waals surface area contributed by atoms with Crippen molar-refractivity contribution in [1.82, 2.24) is 9.80 Å². The molecule has 0 aliphatic carbocycles. The number of rotatable bonds is 9. The highest BCUT2D eigenvalue weighted by atomic mass is 35.5. The lowest BCUT2D eigenvalue weighted by atomic mass is 10.1. The minimum atomic E-state index is -1.18. The van der Waals surface area contributed by atoms with Crippen molar-refractivity contribution in [2.75, 3.05) is 38.0 Å². The minimum Gasteiger partial charge on any atom is -0.480 e. The third-order valence-electron chi connectivity index (χ3n) is 5.79. The Bertz CT molecular complexity index is 995. The van der Waals surface area contributed by atoms with Crippen LogP contribution in [0.2, 0.25) is 5.02 Å². The third-order valence-corrected chi connectivity index (χ3v) is 6.48. The predicted molar refractivity (Wildman–Crippen MR) is 136 cm³/mol. The Kier molecular flexibility index (Phi) is 9.35. The highest BCUT2D eigenvalue weighted by molar-refractivity contribution is 7.81. The lowest BCUT2D eigenvalue weighted by Crippen LogP contribution is -2.49. The molecule has 1 heterocycles. The van der Waals surface area contributed by atoms with Crippen LogP contribution < -0.4 is 11.1 Å². The second kappa shape index (κ2) is 12.2. The number of halogens is 1. The van der Waals surface area contributed by atoms with Gasteiger partial charge in [0.15, 0.2) is 0 Å². The van der Waals surface area contributed by atoms with Gasteiger partial charge in [0.1, 0.15) is 6.04 Å². The third kappa shape index (κ3) is 7.46. The van der Waals surface area contributed by atoms with Crippen LogP contribution in [0.25, 0.3) is 0 Å². The van der Waals surface area contributed by atoms with E-state index in [0.29, 0.717) is 24.3 Å². The first-order valence-electron chi connectivity index (χ1n) is 11.1. The van der Waals surface area contributed by atoms with Crippen molar-refractivity contribution in [3.05, 3.63) is 64.7 Å². The lowest BCUT2D eigenvalue weighted by molar-refractivity contribution is -0.138. The highest BCUT2D eigenvalue weighted by Crippen LogP contribution is 2.16. The van der Waals surface area contributed by atoms with E-state index in [1.54, 1.807) is 24.3 Å². The van der Waals surface area contributed by atoms with E-state index in [0.717, 1.165) is 31.1 Å². The maximum atomic E-state index is 12.9. The molecule has 0 saturated carbocycles. The summed E-state index contributed by atoms with van der Waals surface area (Å²) in [6.45, 7) is 3.87. The fourth-order valence-corrected chi connectivity index (χ4v) is 4.08. The van der Waals surface area contributed by atoms with Gasteiger partial charge in [-0.05, 0) is 54.8 Å². The molecule has 1 fully saturated rings. The Balaban J connectivity index is 1.45. The van der Waals surface area contributed by atoms with E-state index in [4.69, 9.17) is 22.4 Å². The summed E-state index contributed by atoms with van der Waals surface area (Å²) in [5.41, 5.74) is 7.73. The summed E-state index contributed by atoms with van der Waals surface area (Å²) < 4.78 is 0. The van der Waals surface area contributed by atoms with Gasteiger partial charge in [-0.25, -0.2) is 0 Å². The topological polar surface area (TPSA) is 116 Å². The number of anilines is 1. The van der Waals surface area contributed by atoms with Crippen molar-refractivity contribution in [2.45, 2.75) is 24.1 Å². The van der Waals surface area contributed by atoms with Crippen LogP contribution >= 0.6 is 24.2 Å². The van der Waals surface area contributed by atoms with Gasteiger partial charge in [0.25, 0.3) is 5.91 Å². The number of nitrogens with one attached hydrogen (secondary N) is 1. The minimum absolute atomic E-state index is 0.0465. The van der Waals surface area contributed by atoms with Crippen molar-refractivity contribution in [2.24, 2.45) is 5.73 Å². The molecular formula is C24H29ClN4O4S. The number of carboxylic acid groups (broad SMARTS) is 1. The average molecular weight is 505 g/mol. The van der Waals surface area contributed by atoms with E-state index in [1.165, 1.54) is 5.56 Å². The number of nitrogens with zero attached hydrogens (tertiary/aromatic N) is 2. The summed E-state index contributed by atoms with van der Waals surface area (Å²) in [7, 11) is 0. The number of carboxylic acids is 1. The molecule has 2 atom stereocenters. The van der Waals surface area contributed by atoms with E-state index in [-0.39, 0.29) is 12.3 Å². The monoisotopic (exact) mass is 504 g/mol. The van der Waals surface area contributed by atoms with Crippen molar-refractivity contribution < 1.29 is 19.5 Å². The number of carbonyl (C=O) groups is 3. The zero-order valence-corrected chi connectivity index (χ0v) is 20.3. The van der Waals surface area contributed by atoms with E-state index in [2.05, 4.69) is 22.8 Å². The van der Waals surface area contributed by atoms with Crippen LogP contribution in [-0.4, -0.2) is 76.7 Å². The molecule has 2 aromatic carbocycles. The molecule has 34 heavy (non-hydrogen) atoms. The summed E-state index contributed by atoms with van der Waals surface area (Å²) in [5.74, 6) is -1.68. The van der Waals surface area contributed by atoms with E-state index in [9.17, 15) is 14.4 Å². The summed E-state index contributed by atoms with van der Waals surface area (Å²) in [6.07, 6.45) is 0.847. The van der Waals surface area contributed by atoms with Crippen LogP contribution in [0.3, 0.4) is 0 Å². The van der Waals surface area contributed by atoms with Crippen molar-refractivity contribution >= 4 is 47.7 Å². The number of amides is 2. The molecule has 0 aromatic heterocycles. The van der Waals surface area contributed by atoms with E-state index >= 15 is 0 Å². The molecule has 0 bridgehead atoms. The fourth-order valence-electron chi connectivity index (χ4n) is 3.67. The number of carbonyl (C=O) groups excluding carboxylic acids is 2. The Morgan fingerprint density at radius 2 is 1.65 bits per heavy atom. The van der Waals surface area contributed by atoms with Crippen LogP contribution in [0.15, 0.2) is 48.5 Å². The number of aliphatic carboxylic acids is 1. The van der Waals surface area contributed by atoms with E-state index in [1.807, 2.05) is 29.2 Å². The van der Waals surface area contributed by atoms with Gasteiger partial charge in [0.05, 0.1) is 5.25 Å². The van der Waals surface area contributed by atoms with Gasteiger partial charge in [-0.2, -0.15) is 12.6 Å². The standard InChI is InChI=1S/C24H29ClN4O4S/c25-18-5-1-16(2-6-18)9-10-28-11-13-29(14-12-28)23(31)17-3-7-19(8-4-17)27-22(30)21(34)15-20(26)24(32)33/h1-8,20-21,34H,9-15,26H2,(H,27,30)(H,32,33)/t20?,21-/m1/s1. The zero-order valence-electron chi connectivity index (χ0n) is 18.7. The maximum Gasteiger partial charge on any atom is 0.320 e. The Morgan fingerprint density at radius 3 is 2.24 bits per heavy atom. The predicted octanol–water partition coefficient (Wildman–Crippen LogP) is 2.38. The number of hydrogen-bond donors (Lipinski definition) is 4. The van der Waals surface area contributed by atoms with Gasteiger partial charge < -0.3 is 21.1 Å². The number of piperazine rings is 1. The average Bonchev–Trinajstić information content (AvgIpc) is 2.84. The van der Waals surface area contributed by atoms with Crippen molar-refractivity contribution in [1.29, 1.82) is 0 Å². The molecule has 1 saturated heterocycles. The number of hydrogen-bond acceptors (Lipinski definition) is 6. The second-order valence-electron chi connectivity index (χ2n) is 8.27. The smallest absolute Gasteiger partial charge is 0.320 e. The second-order valence-corrected chi connectivity index (χ2v) is 9.33. The number of nitrogens with two attached hydrogens (primary N) is 1. The normalized spacial score (nSPS) is 16.0. The van der Waals surface area contributed by atoms with Gasteiger partial charge >= 0.3 is 5.97 Å².